The average Bonchev–Trinajstić information content (AvgIpc) is 3.43. The van der Waals surface area contributed by atoms with Crippen molar-refractivity contribution >= 4 is 39.1 Å². The number of fused-ring (bicyclic) bond motifs is 2. The molecule has 1 spiro atoms. The molecule has 1 saturated carbocycles. The molecule has 1 amide bonds. The predicted molar refractivity (Wildman–Crippen MR) is 117 cm³/mol. The number of hydrogen-bond acceptors (Lipinski definition) is 4. The molecule has 30 heavy (non-hydrogen) atoms. The summed E-state index contributed by atoms with van der Waals surface area (Å²) < 4.78 is 15.6. The molecule has 0 radical (unpaired) electrons. The van der Waals surface area contributed by atoms with Crippen molar-refractivity contribution in [3.8, 4) is 0 Å². The summed E-state index contributed by atoms with van der Waals surface area (Å²) in [5, 5.41) is 13.7. The number of benzene rings is 2. The van der Waals surface area contributed by atoms with Crippen LogP contribution in [0.1, 0.15) is 29.9 Å². The molecule has 4 atom stereocenters. The summed E-state index contributed by atoms with van der Waals surface area (Å²) >= 11 is 9.45. The molecule has 0 unspecified atom stereocenters. The molecular formula is C22H22BrClFN3O2. The number of hydrogen-bond donors (Lipinski definition) is 3. The lowest BCUT2D eigenvalue weighted by atomic mass is 9.73. The molecule has 0 aromatic heterocycles. The van der Waals surface area contributed by atoms with Crippen molar-refractivity contribution in [2.24, 2.45) is 11.7 Å². The van der Waals surface area contributed by atoms with Gasteiger partial charge in [-0.2, -0.15) is 0 Å². The minimum absolute atomic E-state index is 0.210. The lowest BCUT2D eigenvalue weighted by Gasteiger charge is -2.39. The number of nitrogens with zero attached hydrogens (tertiary/aromatic N) is 1. The van der Waals surface area contributed by atoms with Crippen LogP contribution in [-0.2, 0) is 10.3 Å². The Kier molecular flexibility index (Phi) is 4.95. The maximum Gasteiger partial charge on any atom is 0.250 e. The van der Waals surface area contributed by atoms with E-state index in [4.69, 9.17) is 17.3 Å². The Labute approximate surface area is 187 Å². The van der Waals surface area contributed by atoms with E-state index < -0.39 is 29.4 Å². The first-order valence-corrected chi connectivity index (χ1v) is 11.2. The molecule has 2 aromatic carbocycles. The number of nitrogens with two attached hydrogens (primary N) is 1. The van der Waals surface area contributed by atoms with Gasteiger partial charge >= 0.3 is 0 Å². The van der Waals surface area contributed by atoms with Gasteiger partial charge in [-0.25, -0.2) is 4.39 Å². The van der Waals surface area contributed by atoms with Gasteiger partial charge in [0.15, 0.2) is 0 Å². The summed E-state index contributed by atoms with van der Waals surface area (Å²) in [5.74, 6) is -0.916. The SMILES string of the molecule is N[C@@H]1[C@H](CO)N(CC2CC2)[C@@]2(C(=O)Nc3cc(Cl)ccc32)[C@H]1c1cccc(Br)c1F. The molecule has 0 bridgehead atoms. The Balaban J connectivity index is 1.78. The Bertz CT molecular complexity index is 1030. The summed E-state index contributed by atoms with van der Waals surface area (Å²) in [6.45, 7) is 0.415. The number of carbonyl (C=O) groups excluding carboxylic acids is 1. The van der Waals surface area contributed by atoms with Gasteiger partial charge < -0.3 is 16.2 Å². The van der Waals surface area contributed by atoms with Crippen molar-refractivity contribution in [2.45, 2.75) is 36.4 Å². The van der Waals surface area contributed by atoms with Crippen molar-refractivity contribution < 1.29 is 14.3 Å². The molecule has 2 fully saturated rings. The molecule has 2 aliphatic heterocycles. The van der Waals surface area contributed by atoms with Crippen LogP contribution < -0.4 is 11.1 Å². The first-order chi connectivity index (χ1) is 14.4. The van der Waals surface area contributed by atoms with Gasteiger partial charge in [0.2, 0.25) is 5.91 Å². The Morgan fingerprint density at radius 3 is 2.80 bits per heavy atom. The molecule has 5 nitrogen and oxygen atoms in total. The van der Waals surface area contributed by atoms with Crippen LogP contribution >= 0.6 is 27.5 Å². The Morgan fingerprint density at radius 1 is 1.33 bits per heavy atom. The van der Waals surface area contributed by atoms with E-state index in [0.29, 0.717) is 33.2 Å². The predicted octanol–water partition coefficient (Wildman–Crippen LogP) is 3.59. The van der Waals surface area contributed by atoms with Crippen molar-refractivity contribution in [3.05, 3.63) is 62.8 Å². The second-order valence-corrected chi connectivity index (χ2v) is 9.74. The molecule has 2 heterocycles. The molecule has 5 rings (SSSR count). The van der Waals surface area contributed by atoms with Crippen LogP contribution in [0.5, 0.6) is 0 Å². The fourth-order valence-electron chi connectivity index (χ4n) is 5.31. The van der Waals surface area contributed by atoms with Crippen molar-refractivity contribution in [1.82, 2.24) is 4.90 Å². The number of aliphatic hydroxyl groups is 1. The highest BCUT2D eigenvalue weighted by atomic mass is 79.9. The average molecular weight is 495 g/mol. The highest BCUT2D eigenvalue weighted by molar-refractivity contribution is 9.10. The lowest BCUT2D eigenvalue weighted by molar-refractivity contribution is -0.128. The number of halogens is 3. The Morgan fingerprint density at radius 2 is 2.10 bits per heavy atom. The van der Waals surface area contributed by atoms with Crippen LogP contribution in [-0.4, -0.2) is 41.1 Å². The van der Waals surface area contributed by atoms with Crippen LogP contribution in [0, 0.1) is 11.7 Å². The third-order valence-corrected chi connectivity index (χ3v) is 7.62. The molecule has 8 heteroatoms. The summed E-state index contributed by atoms with van der Waals surface area (Å²) in [6.07, 6.45) is 2.15. The summed E-state index contributed by atoms with van der Waals surface area (Å²) in [4.78, 5) is 15.7. The minimum atomic E-state index is -1.21. The van der Waals surface area contributed by atoms with E-state index in [9.17, 15) is 9.90 Å². The molecular weight excluding hydrogens is 473 g/mol. The van der Waals surface area contributed by atoms with E-state index in [-0.39, 0.29) is 12.5 Å². The van der Waals surface area contributed by atoms with E-state index in [1.165, 1.54) is 0 Å². The van der Waals surface area contributed by atoms with Crippen LogP contribution in [0.4, 0.5) is 10.1 Å². The van der Waals surface area contributed by atoms with E-state index >= 15 is 4.39 Å². The van der Waals surface area contributed by atoms with Crippen molar-refractivity contribution in [2.75, 3.05) is 18.5 Å². The molecule has 3 aliphatic rings. The van der Waals surface area contributed by atoms with Gasteiger partial charge in [0.25, 0.3) is 0 Å². The zero-order valence-corrected chi connectivity index (χ0v) is 18.5. The number of rotatable bonds is 4. The maximum atomic E-state index is 15.3. The quantitative estimate of drug-likeness (QED) is 0.607. The third kappa shape index (κ3) is 2.79. The zero-order chi connectivity index (χ0) is 21.2. The molecule has 4 N–H and O–H groups in total. The second kappa shape index (κ2) is 7.28. The molecule has 2 aromatic rings. The number of carbonyl (C=O) groups is 1. The number of nitrogens with one attached hydrogen (secondary N) is 1. The maximum absolute atomic E-state index is 15.3. The summed E-state index contributed by atoms with van der Waals surface area (Å²) in [7, 11) is 0. The van der Waals surface area contributed by atoms with Crippen molar-refractivity contribution in [3.63, 3.8) is 0 Å². The van der Waals surface area contributed by atoms with E-state index in [1.54, 1.807) is 30.3 Å². The Hall–Kier alpha value is -1.51. The number of amides is 1. The molecule has 1 aliphatic carbocycles. The monoisotopic (exact) mass is 493 g/mol. The van der Waals surface area contributed by atoms with E-state index in [1.807, 2.05) is 11.0 Å². The topological polar surface area (TPSA) is 78.6 Å². The van der Waals surface area contributed by atoms with Gasteiger partial charge in [0.05, 0.1) is 11.1 Å². The first kappa shape index (κ1) is 20.4. The molecule has 158 valence electrons. The second-order valence-electron chi connectivity index (χ2n) is 8.45. The third-order valence-electron chi connectivity index (χ3n) is 6.77. The number of likely N-dealkylation sites (tertiary alicyclic amines) is 1. The van der Waals surface area contributed by atoms with Crippen LogP contribution in [0.25, 0.3) is 0 Å². The van der Waals surface area contributed by atoms with Gasteiger partial charge in [-0.15, -0.1) is 0 Å². The highest BCUT2D eigenvalue weighted by Crippen LogP contribution is 2.58. The fourth-order valence-corrected chi connectivity index (χ4v) is 5.86. The largest absolute Gasteiger partial charge is 0.395 e. The van der Waals surface area contributed by atoms with E-state index in [0.717, 1.165) is 18.4 Å². The van der Waals surface area contributed by atoms with Gasteiger partial charge in [0, 0.05) is 40.8 Å². The minimum Gasteiger partial charge on any atom is -0.395 e. The summed E-state index contributed by atoms with van der Waals surface area (Å²) in [6, 6.07) is 9.23. The highest BCUT2D eigenvalue weighted by Gasteiger charge is 2.66. The van der Waals surface area contributed by atoms with Gasteiger partial charge in [0.1, 0.15) is 11.4 Å². The standard InChI is InChI=1S/C22H22BrClFN3O2/c23-15-3-1-2-13(19(15)25)18-20(26)17(10-29)28(9-11-4-5-11)22(18)14-7-6-12(24)8-16(14)27-21(22)30/h1-3,6-8,11,17-18,20,29H,4-5,9-10,26H2,(H,27,30)/t17-,18-,20+,22+/m0/s1. The smallest absolute Gasteiger partial charge is 0.250 e. The lowest BCUT2D eigenvalue weighted by Crippen LogP contribution is -2.53. The van der Waals surface area contributed by atoms with Crippen LogP contribution in [0.15, 0.2) is 40.9 Å². The fraction of sp³-hybridized carbons (Fsp3) is 0.409. The number of anilines is 1. The normalized spacial score (nSPS) is 30.7. The summed E-state index contributed by atoms with van der Waals surface area (Å²) in [5.41, 5.74) is 7.18. The van der Waals surface area contributed by atoms with Crippen LogP contribution in [0.3, 0.4) is 0 Å². The first-order valence-electron chi connectivity index (χ1n) is 10.1. The number of aliphatic hydroxyl groups excluding tert-OH is 1. The molecule has 1 saturated heterocycles. The van der Waals surface area contributed by atoms with E-state index in [2.05, 4.69) is 21.2 Å². The van der Waals surface area contributed by atoms with Crippen molar-refractivity contribution in [1.29, 1.82) is 0 Å². The van der Waals surface area contributed by atoms with Gasteiger partial charge in [-0.1, -0.05) is 29.8 Å². The zero-order valence-electron chi connectivity index (χ0n) is 16.1. The van der Waals surface area contributed by atoms with Gasteiger partial charge in [-0.3, -0.25) is 9.69 Å². The van der Waals surface area contributed by atoms with Crippen LogP contribution in [0.2, 0.25) is 5.02 Å². The van der Waals surface area contributed by atoms with Gasteiger partial charge in [-0.05, 0) is 58.5 Å².